The number of allylic oxidation sites excluding steroid dienone is 4. The zero-order valence-electron chi connectivity index (χ0n) is 14.2. The number of benzene rings is 1. The zero-order valence-corrected chi connectivity index (χ0v) is 15.0. The summed E-state index contributed by atoms with van der Waals surface area (Å²) in [6, 6.07) is 10.5. The van der Waals surface area contributed by atoms with Crippen LogP contribution in [0.25, 0.3) is 0 Å². The fraction of sp³-hybridized carbons (Fsp3) is 0.250. The van der Waals surface area contributed by atoms with Gasteiger partial charge in [-0.15, -0.1) is 0 Å². The Hall–Kier alpha value is -2.04. The number of aliphatic imine (C=N–C) groups is 1. The molecule has 3 N–H and O–H groups in total. The number of nitrogens with one attached hydrogen (secondary N) is 1. The van der Waals surface area contributed by atoms with Gasteiger partial charge in [0.15, 0.2) is 0 Å². The lowest BCUT2D eigenvalue weighted by atomic mass is 9.96. The predicted molar refractivity (Wildman–Crippen MR) is 104 cm³/mol. The van der Waals surface area contributed by atoms with E-state index in [1.165, 1.54) is 32.2 Å². The fourth-order valence-electron chi connectivity index (χ4n) is 2.93. The van der Waals surface area contributed by atoms with Crippen LogP contribution in [0.5, 0.6) is 0 Å². The van der Waals surface area contributed by atoms with E-state index in [2.05, 4.69) is 59.7 Å². The number of thioether (sulfide) groups is 1. The maximum Gasteiger partial charge on any atom is 0.133 e. The lowest BCUT2D eigenvalue weighted by Gasteiger charge is -2.16. The first-order valence-electron chi connectivity index (χ1n) is 8.24. The molecule has 2 aliphatic rings. The summed E-state index contributed by atoms with van der Waals surface area (Å²) in [6.45, 7) is 2.71. The number of nitrogens with two attached hydrogens (primary N) is 1. The van der Waals surface area contributed by atoms with Crippen molar-refractivity contribution in [2.24, 2.45) is 10.7 Å². The normalized spacial score (nSPS) is 21.1. The first-order chi connectivity index (χ1) is 11.8. The first kappa shape index (κ1) is 16.8. The van der Waals surface area contributed by atoms with Gasteiger partial charge in [0.2, 0.25) is 0 Å². The predicted octanol–water partition coefficient (Wildman–Crippen LogP) is 4.17. The van der Waals surface area contributed by atoms with Crippen LogP contribution in [-0.2, 0) is 0 Å². The molecule has 0 radical (unpaired) electrons. The van der Waals surface area contributed by atoms with E-state index in [-0.39, 0.29) is 0 Å². The Morgan fingerprint density at radius 2 is 2.00 bits per heavy atom. The van der Waals surface area contributed by atoms with E-state index < -0.39 is 0 Å². The highest BCUT2D eigenvalue weighted by Gasteiger charge is 2.28. The molecule has 0 atom stereocenters. The van der Waals surface area contributed by atoms with E-state index in [9.17, 15) is 0 Å². The minimum Gasteiger partial charge on any atom is -0.339 e. The van der Waals surface area contributed by atoms with Gasteiger partial charge in [0.1, 0.15) is 5.84 Å². The van der Waals surface area contributed by atoms with Crippen LogP contribution < -0.4 is 11.1 Å². The molecule has 124 valence electrons. The van der Waals surface area contributed by atoms with E-state index in [0.717, 1.165) is 18.7 Å². The molecule has 0 unspecified atom stereocenters. The molecule has 0 amide bonds. The highest BCUT2D eigenvalue weighted by molar-refractivity contribution is 8.03. The summed E-state index contributed by atoms with van der Waals surface area (Å²) < 4.78 is 0. The van der Waals surface area contributed by atoms with Crippen molar-refractivity contribution in [3.63, 3.8) is 0 Å². The Bertz CT molecular complexity index is 767. The minimum atomic E-state index is 0.643. The van der Waals surface area contributed by atoms with Gasteiger partial charge in [-0.2, -0.15) is 0 Å². The van der Waals surface area contributed by atoms with Gasteiger partial charge < -0.3 is 11.1 Å². The highest BCUT2D eigenvalue weighted by atomic mass is 32.2. The molecule has 0 bridgehead atoms. The average Bonchev–Trinajstić information content (AvgIpc) is 3.00. The standard InChI is InChI=1S/C20H23N3S/c1-3-17-19(24-16-7-5-4-6-8-16)18(23-20(17)22-2)15-11-9-14(13-21)10-12-15/h3-9,11H,10,12-13,21H2,1-2H3,(H,22,23)/b17-3-. The Balaban J connectivity index is 2.02. The van der Waals surface area contributed by atoms with Crippen molar-refractivity contribution in [2.45, 2.75) is 24.7 Å². The maximum absolute atomic E-state index is 5.76. The van der Waals surface area contributed by atoms with Gasteiger partial charge >= 0.3 is 0 Å². The van der Waals surface area contributed by atoms with E-state index in [0.29, 0.717) is 6.54 Å². The third-order valence-electron chi connectivity index (χ3n) is 4.26. The summed E-state index contributed by atoms with van der Waals surface area (Å²) >= 11 is 1.79. The molecule has 1 heterocycles. The number of nitrogens with zero attached hydrogens (tertiary/aromatic N) is 1. The number of hydrogen-bond acceptors (Lipinski definition) is 3. The van der Waals surface area contributed by atoms with Gasteiger partial charge in [-0.05, 0) is 37.5 Å². The summed E-state index contributed by atoms with van der Waals surface area (Å²) in [5, 5.41) is 3.53. The third kappa shape index (κ3) is 3.40. The molecule has 0 aromatic heterocycles. The monoisotopic (exact) mass is 337 g/mol. The molecule has 4 heteroatoms. The Labute approximate surface area is 148 Å². The first-order valence-corrected chi connectivity index (χ1v) is 9.05. The van der Waals surface area contributed by atoms with Crippen molar-refractivity contribution in [2.75, 3.05) is 13.6 Å². The molecule has 0 spiro atoms. The van der Waals surface area contributed by atoms with Crippen LogP contribution in [0.15, 0.2) is 85.8 Å². The van der Waals surface area contributed by atoms with Crippen LogP contribution in [0, 0.1) is 0 Å². The summed E-state index contributed by atoms with van der Waals surface area (Å²) in [7, 11) is 1.83. The molecule has 0 saturated heterocycles. The second-order valence-corrected chi connectivity index (χ2v) is 6.82. The number of amidine groups is 1. The minimum absolute atomic E-state index is 0.643. The second-order valence-electron chi connectivity index (χ2n) is 5.74. The average molecular weight is 337 g/mol. The van der Waals surface area contributed by atoms with E-state index in [1.807, 2.05) is 13.1 Å². The van der Waals surface area contributed by atoms with Gasteiger partial charge in [0.05, 0.1) is 5.70 Å². The van der Waals surface area contributed by atoms with Crippen LogP contribution in [0.2, 0.25) is 0 Å². The summed E-state index contributed by atoms with van der Waals surface area (Å²) in [6.07, 6.45) is 8.54. The van der Waals surface area contributed by atoms with E-state index in [1.54, 1.807) is 11.8 Å². The van der Waals surface area contributed by atoms with Gasteiger partial charge in [0.25, 0.3) is 0 Å². The second kappa shape index (κ2) is 7.69. The van der Waals surface area contributed by atoms with Gasteiger partial charge in [-0.3, -0.25) is 4.99 Å². The van der Waals surface area contributed by atoms with Crippen molar-refractivity contribution in [1.82, 2.24) is 5.32 Å². The quantitative estimate of drug-likeness (QED) is 0.867. The Morgan fingerprint density at radius 1 is 1.21 bits per heavy atom. The van der Waals surface area contributed by atoms with Crippen LogP contribution in [0.1, 0.15) is 19.8 Å². The van der Waals surface area contributed by atoms with Crippen molar-refractivity contribution in [3.05, 3.63) is 75.9 Å². The van der Waals surface area contributed by atoms with Crippen LogP contribution in [0.3, 0.4) is 0 Å². The molecule has 3 rings (SSSR count). The molecule has 1 aliphatic carbocycles. The van der Waals surface area contributed by atoms with Crippen molar-refractivity contribution in [1.29, 1.82) is 0 Å². The lowest BCUT2D eigenvalue weighted by molar-refractivity contribution is 0.867. The summed E-state index contributed by atoms with van der Waals surface area (Å²) in [5.74, 6) is 0.945. The van der Waals surface area contributed by atoms with Gasteiger partial charge in [-0.25, -0.2) is 0 Å². The lowest BCUT2D eigenvalue weighted by Crippen LogP contribution is -2.19. The summed E-state index contributed by atoms with van der Waals surface area (Å²) in [4.78, 5) is 6.91. The van der Waals surface area contributed by atoms with Crippen molar-refractivity contribution >= 4 is 17.6 Å². The largest absolute Gasteiger partial charge is 0.339 e. The van der Waals surface area contributed by atoms with E-state index in [4.69, 9.17) is 5.73 Å². The fourth-order valence-corrected chi connectivity index (χ4v) is 4.06. The molecule has 1 aromatic carbocycles. The molecular weight excluding hydrogens is 314 g/mol. The maximum atomic E-state index is 5.76. The highest BCUT2D eigenvalue weighted by Crippen LogP contribution is 2.41. The van der Waals surface area contributed by atoms with Crippen molar-refractivity contribution in [3.8, 4) is 0 Å². The van der Waals surface area contributed by atoms with Gasteiger partial charge in [-0.1, -0.05) is 53.8 Å². The van der Waals surface area contributed by atoms with Crippen LogP contribution >= 0.6 is 11.8 Å². The van der Waals surface area contributed by atoms with Crippen LogP contribution in [0.4, 0.5) is 0 Å². The number of hydrogen-bond donors (Lipinski definition) is 2. The zero-order chi connectivity index (χ0) is 16.9. The molecule has 1 aliphatic heterocycles. The molecule has 3 nitrogen and oxygen atoms in total. The van der Waals surface area contributed by atoms with Gasteiger partial charge in [0, 0.05) is 29.0 Å². The molecule has 0 saturated carbocycles. The number of rotatable bonds is 4. The third-order valence-corrected chi connectivity index (χ3v) is 5.40. The molecule has 1 aromatic rings. The van der Waals surface area contributed by atoms with E-state index >= 15 is 0 Å². The topological polar surface area (TPSA) is 50.4 Å². The summed E-state index contributed by atoms with van der Waals surface area (Å²) in [5.41, 5.74) is 10.8. The molecular formula is C20H23N3S. The SMILES string of the molecule is C/C=C1\C(=NC)NC(C2=CC=C(CN)CC2)=C1Sc1ccccc1. The smallest absolute Gasteiger partial charge is 0.133 e. The molecule has 24 heavy (non-hydrogen) atoms. The Morgan fingerprint density at radius 3 is 2.58 bits per heavy atom. The molecule has 0 fully saturated rings. The van der Waals surface area contributed by atoms with Crippen molar-refractivity contribution < 1.29 is 0 Å². The Kier molecular flexibility index (Phi) is 5.38. The van der Waals surface area contributed by atoms with Crippen LogP contribution in [-0.4, -0.2) is 19.4 Å².